The molecule has 1 amide bonds. The number of hydrogen-bond donors (Lipinski definition) is 1. The Labute approximate surface area is 202 Å². The number of amides is 1. The van der Waals surface area contributed by atoms with Crippen LogP contribution in [0, 0.1) is 23.3 Å². The quantitative estimate of drug-likeness (QED) is 0.135. The molecular weight excluding hydrogens is 637 g/mol. The van der Waals surface area contributed by atoms with Gasteiger partial charge in [0.25, 0.3) is 5.91 Å². The maximum Gasteiger partial charge on any atom is 0.460 e. The van der Waals surface area contributed by atoms with Gasteiger partial charge in [-0.1, -0.05) is 0 Å². The first kappa shape index (κ1) is 34.8. The fourth-order valence-electron chi connectivity index (χ4n) is 2.29. The van der Waals surface area contributed by atoms with Gasteiger partial charge in [-0.3, -0.25) is 4.79 Å². The molecule has 0 unspecified atom stereocenters. The molecule has 1 aromatic carbocycles. The molecule has 230 valence electrons. The average Bonchev–Trinajstić information content (AvgIpc) is 2.78. The number of halogens is 21. The highest BCUT2D eigenvalue weighted by Crippen LogP contribution is 2.63. The SMILES string of the molecule is NC(=O)c1c(F)c(F)c(F)c(F)c1OC(F)=C(F)C(F)(F)C(F)(F)C(F)(F)C(F)(F)C(F)(F)C(F)(F)C(F)(F)F. The van der Waals surface area contributed by atoms with Crippen molar-refractivity contribution < 1.29 is 102 Å². The van der Waals surface area contributed by atoms with Crippen molar-refractivity contribution in [2.45, 2.75) is 41.7 Å². The molecule has 0 aliphatic heterocycles. The highest BCUT2D eigenvalue weighted by molar-refractivity contribution is 5.96. The van der Waals surface area contributed by atoms with Crippen molar-refractivity contribution in [3.8, 4) is 5.75 Å². The Morgan fingerprint density at radius 3 is 1.27 bits per heavy atom. The van der Waals surface area contributed by atoms with Crippen LogP contribution in [0.25, 0.3) is 0 Å². The Morgan fingerprint density at radius 1 is 0.550 bits per heavy atom. The first-order valence-corrected chi connectivity index (χ1v) is 8.62. The molecule has 1 rings (SSSR count). The van der Waals surface area contributed by atoms with Crippen molar-refractivity contribution in [1.29, 1.82) is 0 Å². The summed E-state index contributed by atoms with van der Waals surface area (Å²) in [4.78, 5) is 11.0. The van der Waals surface area contributed by atoms with E-state index >= 15 is 0 Å². The van der Waals surface area contributed by atoms with E-state index in [2.05, 4.69) is 10.5 Å². The van der Waals surface area contributed by atoms with Crippen molar-refractivity contribution in [3.05, 3.63) is 40.7 Å². The van der Waals surface area contributed by atoms with Gasteiger partial charge in [-0.25, -0.2) is 13.2 Å². The molecule has 0 heterocycles. The first-order valence-electron chi connectivity index (χ1n) is 8.62. The molecule has 0 aromatic heterocycles. The standard InChI is InChI=1S/C16H2F21NO2/c17-2-1(9(38)39)6(5(20)4(19)3(2)18)40-8(22)7(21)10(23,24)11(25,26)12(27,28)13(29,30)14(31,32)15(33,34)16(35,36)37/h(H2,38,39). The summed E-state index contributed by atoms with van der Waals surface area (Å²) in [5.74, 6) is -74.5. The van der Waals surface area contributed by atoms with Crippen LogP contribution in [0.2, 0.25) is 0 Å². The van der Waals surface area contributed by atoms with Crippen LogP contribution in [-0.4, -0.2) is 47.6 Å². The van der Waals surface area contributed by atoms with E-state index in [1.165, 1.54) is 0 Å². The summed E-state index contributed by atoms with van der Waals surface area (Å²) >= 11 is 0. The maximum atomic E-state index is 13.7. The highest BCUT2D eigenvalue weighted by Gasteiger charge is 2.93. The molecular formula is C16H2F21NO2. The Hall–Kier alpha value is -3.24. The van der Waals surface area contributed by atoms with E-state index in [1.54, 1.807) is 0 Å². The fraction of sp³-hybridized carbons (Fsp3) is 0.438. The lowest BCUT2D eigenvalue weighted by Gasteiger charge is -2.41. The van der Waals surface area contributed by atoms with Gasteiger partial charge in [0.1, 0.15) is 5.56 Å². The van der Waals surface area contributed by atoms with Crippen LogP contribution in [0.1, 0.15) is 10.4 Å². The van der Waals surface area contributed by atoms with Gasteiger partial charge in [0, 0.05) is 0 Å². The minimum absolute atomic E-state index is 2.56. The third-order valence-corrected chi connectivity index (χ3v) is 4.44. The molecule has 3 nitrogen and oxygen atoms in total. The van der Waals surface area contributed by atoms with Crippen molar-refractivity contribution in [1.82, 2.24) is 0 Å². The lowest BCUT2D eigenvalue weighted by Crippen LogP contribution is -2.72. The molecule has 0 saturated carbocycles. The Morgan fingerprint density at radius 2 is 0.900 bits per heavy atom. The van der Waals surface area contributed by atoms with Gasteiger partial charge in [-0.05, 0) is 0 Å². The average molecular weight is 639 g/mol. The predicted octanol–water partition coefficient (Wildman–Crippen LogP) is 7.20. The van der Waals surface area contributed by atoms with Gasteiger partial charge in [0.05, 0.1) is 0 Å². The van der Waals surface area contributed by atoms with Gasteiger partial charge in [-0.2, -0.15) is 79.0 Å². The molecule has 0 aliphatic rings. The number of primary amides is 1. The van der Waals surface area contributed by atoms with Gasteiger partial charge in [0.15, 0.2) is 17.4 Å². The minimum atomic E-state index is -8.89. The van der Waals surface area contributed by atoms with E-state index in [0.29, 0.717) is 0 Å². The number of rotatable bonds is 9. The molecule has 0 fully saturated rings. The summed E-state index contributed by atoms with van der Waals surface area (Å²) in [6.07, 6.45) is -7.94. The van der Waals surface area contributed by atoms with Crippen LogP contribution in [0.4, 0.5) is 92.2 Å². The van der Waals surface area contributed by atoms with E-state index in [0.717, 1.165) is 0 Å². The van der Waals surface area contributed by atoms with E-state index in [1.807, 2.05) is 0 Å². The van der Waals surface area contributed by atoms with Crippen LogP contribution >= 0.6 is 0 Å². The van der Waals surface area contributed by atoms with Crippen molar-refractivity contribution in [2.24, 2.45) is 5.73 Å². The minimum Gasteiger partial charge on any atom is -0.425 e. The summed E-state index contributed by atoms with van der Waals surface area (Å²) < 4.78 is 280. The van der Waals surface area contributed by atoms with Crippen LogP contribution < -0.4 is 10.5 Å². The van der Waals surface area contributed by atoms with Gasteiger partial charge < -0.3 is 10.5 Å². The highest BCUT2D eigenvalue weighted by atomic mass is 19.4. The van der Waals surface area contributed by atoms with E-state index < -0.39 is 94.0 Å². The molecule has 0 atom stereocenters. The molecule has 40 heavy (non-hydrogen) atoms. The van der Waals surface area contributed by atoms with E-state index in [9.17, 15) is 97.0 Å². The zero-order valence-corrected chi connectivity index (χ0v) is 17.3. The second kappa shape index (κ2) is 9.69. The number of nitrogens with two attached hydrogens (primary N) is 1. The molecule has 0 saturated heterocycles. The van der Waals surface area contributed by atoms with Gasteiger partial charge in [-0.15, -0.1) is 0 Å². The lowest BCUT2D eigenvalue weighted by atomic mass is 9.91. The van der Waals surface area contributed by atoms with Crippen LogP contribution in [0.15, 0.2) is 11.8 Å². The molecule has 0 radical (unpaired) electrons. The van der Waals surface area contributed by atoms with Gasteiger partial charge >= 0.3 is 47.7 Å². The van der Waals surface area contributed by atoms with E-state index in [-0.39, 0.29) is 0 Å². The number of alkyl halides is 15. The summed E-state index contributed by atoms with van der Waals surface area (Å²) in [6, 6.07) is -4.36. The number of allylic oxidation sites excluding steroid dienone is 1. The zero-order valence-electron chi connectivity index (χ0n) is 17.3. The normalized spacial score (nSPS) is 15.2. The van der Waals surface area contributed by atoms with Crippen LogP contribution in [0.3, 0.4) is 0 Å². The Balaban J connectivity index is 3.83. The first-order chi connectivity index (χ1) is 17.4. The topological polar surface area (TPSA) is 52.3 Å². The van der Waals surface area contributed by atoms with E-state index in [4.69, 9.17) is 0 Å². The number of hydrogen-bond acceptors (Lipinski definition) is 2. The van der Waals surface area contributed by atoms with Crippen LogP contribution in [-0.2, 0) is 0 Å². The molecule has 0 aliphatic carbocycles. The monoisotopic (exact) mass is 639 g/mol. The molecule has 0 bridgehead atoms. The number of ether oxygens (including phenoxy) is 1. The summed E-state index contributed by atoms with van der Waals surface area (Å²) in [5, 5.41) is 0. The molecule has 24 heteroatoms. The van der Waals surface area contributed by atoms with Crippen LogP contribution in [0.5, 0.6) is 5.75 Å². The zero-order chi connectivity index (χ0) is 32.4. The summed E-state index contributed by atoms with van der Waals surface area (Å²) in [5.41, 5.74) is 1.74. The summed E-state index contributed by atoms with van der Waals surface area (Å²) in [7, 11) is 0. The third-order valence-electron chi connectivity index (χ3n) is 4.44. The number of carbonyl (C=O) groups is 1. The summed E-state index contributed by atoms with van der Waals surface area (Å²) in [6.45, 7) is 0. The molecule has 0 spiro atoms. The third kappa shape index (κ3) is 4.60. The second-order valence-electron chi connectivity index (χ2n) is 6.96. The largest absolute Gasteiger partial charge is 0.460 e. The number of carbonyl (C=O) groups excluding carboxylic acids is 1. The molecule has 1 aromatic rings. The number of benzene rings is 1. The van der Waals surface area contributed by atoms with Crippen molar-refractivity contribution in [3.63, 3.8) is 0 Å². The maximum absolute atomic E-state index is 13.7. The Kier molecular flexibility index (Phi) is 8.43. The van der Waals surface area contributed by atoms with Crippen molar-refractivity contribution >= 4 is 5.91 Å². The van der Waals surface area contributed by atoms with Gasteiger partial charge in [0.2, 0.25) is 17.5 Å². The van der Waals surface area contributed by atoms with Crippen molar-refractivity contribution in [2.75, 3.05) is 0 Å². The smallest absolute Gasteiger partial charge is 0.425 e. The predicted molar refractivity (Wildman–Crippen MR) is 80.4 cm³/mol. The Bertz CT molecular complexity index is 1210. The molecule has 2 N–H and O–H groups in total. The lowest BCUT2D eigenvalue weighted by molar-refractivity contribution is -0.451. The second-order valence-corrected chi connectivity index (χ2v) is 6.96. The fourth-order valence-corrected chi connectivity index (χ4v) is 2.29.